The van der Waals surface area contributed by atoms with Crippen LogP contribution in [0.1, 0.15) is 34.2 Å². The molecule has 1 amide bonds. The van der Waals surface area contributed by atoms with E-state index in [1.165, 1.54) is 0 Å². The molecule has 2 N–H and O–H groups in total. The largest absolute Gasteiger partial charge is 0.322 e. The van der Waals surface area contributed by atoms with Crippen molar-refractivity contribution < 1.29 is 4.79 Å². The second kappa shape index (κ2) is 6.42. The minimum Gasteiger partial charge on any atom is -0.322 e. The summed E-state index contributed by atoms with van der Waals surface area (Å²) in [6.07, 6.45) is 2.65. The number of halogens is 1. The Kier molecular flexibility index (Phi) is 4.36. The first-order chi connectivity index (χ1) is 10.6. The van der Waals surface area contributed by atoms with Crippen molar-refractivity contribution >= 4 is 23.2 Å². The minimum absolute atomic E-state index is 0.212. The Morgan fingerprint density at radius 2 is 2.14 bits per heavy atom. The fourth-order valence-corrected chi connectivity index (χ4v) is 2.64. The molecule has 5 nitrogen and oxygen atoms in total. The van der Waals surface area contributed by atoms with E-state index in [2.05, 4.69) is 20.6 Å². The van der Waals surface area contributed by atoms with Gasteiger partial charge in [-0.25, -0.2) is 9.97 Å². The summed E-state index contributed by atoms with van der Waals surface area (Å²) in [5.41, 5.74) is 1.88. The van der Waals surface area contributed by atoms with Crippen LogP contribution in [0.3, 0.4) is 0 Å². The highest BCUT2D eigenvalue weighted by Crippen LogP contribution is 2.20. The topological polar surface area (TPSA) is 66.9 Å². The first kappa shape index (κ1) is 14.9. The van der Waals surface area contributed by atoms with Crippen LogP contribution in [0.4, 0.5) is 5.69 Å². The zero-order valence-electron chi connectivity index (χ0n) is 12.3. The van der Waals surface area contributed by atoms with E-state index in [9.17, 15) is 4.79 Å². The van der Waals surface area contributed by atoms with Gasteiger partial charge in [0, 0.05) is 29.4 Å². The number of carbonyl (C=O) groups excluding carboxylic acids is 1. The summed E-state index contributed by atoms with van der Waals surface area (Å²) in [5.74, 6) is 0.938. The van der Waals surface area contributed by atoms with Crippen LogP contribution in [0, 0.1) is 6.92 Å². The Hall–Kier alpha value is -1.98. The summed E-state index contributed by atoms with van der Waals surface area (Å²) in [7, 11) is 0. The summed E-state index contributed by atoms with van der Waals surface area (Å²) in [4.78, 5) is 21.2. The number of anilines is 1. The lowest BCUT2D eigenvalue weighted by atomic mass is 10.1. The summed E-state index contributed by atoms with van der Waals surface area (Å²) >= 11 is 5.83. The van der Waals surface area contributed by atoms with E-state index in [0.717, 1.165) is 25.3 Å². The van der Waals surface area contributed by atoms with Crippen LogP contribution in [0.2, 0.25) is 5.02 Å². The third-order valence-electron chi connectivity index (χ3n) is 3.77. The van der Waals surface area contributed by atoms with Gasteiger partial charge in [0.2, 0.25) is 0 Å². The molecule has 1 fully saturated rings. The van der Waals surface area contributed by atoms with Crippen molar-refractivity contribution in [2.24, 2.45) is 0 Å². The summed E-state index contributed by atoms with van der Waals surface area (Å²) in [6.45, 7) is 3.73. The molecule has 1 aromatic carbocycles. The zero-order chi connectivity index (χ0) is 15.5. The molecule has 2 heterocycles. The maximum Gasteiger partial charge on any atom is 0.259 e. The van der Waals surface area contributed by atoms with Gasteiger partial charge >= 0.3 is 0 Å². The standard InChI is InChI=1S/C16H17ClN4O/c1-10-14(9-19-15(20-10)11-6-7-18-8-11)16(22)21-13-4-2-12(17)3-5-13/h2-5,9,11,18H,6-8H2,1H3,(H,21,22)/t11-/m1/s1. The van der Waals surface area contributed by atoms with Gasteiger partial charge in [-0.1, -0.05) is 11.6 Å². The van der Waals surface area contributed by atoms with Crippen molar-refractivity contribution in [3.8, 4) is 0 Å². The number of aryl methyl sites for hydroxylation is 1. The second-order valence-corrected chi connectivity index (χ2v) is 5.81. The number of amides is 1. The molecule has 0 saturated carbocycles. The van der Waals surface area contributed by atoms with Crippen LogP contribution in [0.25, 0.3) is 0 Å². The van der Waals surface area contributed by atoms with Crippen molar-refractivity contribution in [3.63, 3.8) is 0 Å². The molecule has 3 rings (SSSR count). The Morgan fingerprint density at radius 1 is 1.36 bits per heavy atom. The van der Waals surface area contributed by atoms with Crippen LogP contribution < -0.4 is 10.6 Å². The SMILES string of the molecule is Cc1nc([C@@H]2CCNC2)ncc1C(=O)Nc1ccc(Cl)cc1. The average molecular weight is 317 g/mol. The van der Waals surface area contributed by atoms with E-state index in [0.29, 0.717) is 27.9 Å². The third kappa shape index (κ3) is 3.26. The highest BCUT2D eigenvalue weighted by atomic mass is 35.5. The highest BCUT2D eigenvalue weighted by Gasteiger charge is 2.21. The molecule has 114 valence electrons. The Morgan fingerprint density at radius 3 is 2.77 bits per heavy atom. The van der Waals surface area contributed by atoms with E-state index in [4.69, 9.17) is 11.6 Å². The van der Waals surface area contributed by atoms with Crippen molar-refractivity contribution in [2.45, 2.75) is 19.3 Å². The Balaban J connectivity index is 1.76. The number of carbonyl (C=O) groups is 1. The van der Waals surface area contributed by atoms with Gasteiger partial charge in [0.05, 0.1) is 11.3 Å². The molecule has 1 atom stereocenters. The van der Waals surface area contributed by atoms with E-state index < -0.39 is 0 Å². The van der Waals surface area contributed by atoms with Crippen LogP contribution >= 0.6 is 11.6 Å². The smallest absolute Gasteiger partial charge is 0.259 e. The Labute approximate surface area is 134 Å². The molecule has 2 aromatic rings. The number of nitrogens with one attached hydrogen (secondary N) is 2. The predicted octanol–water partition coefficient (Wildman–Crippen LogP) is 2.77. The molecule has 1 aliphatic rings. The van der Waals surface area contributed by atoms with Crippen LogP contribution in [-0.4, -0.2) is 29.0 Å². The molecular weight excluding hydrogens is 300 g/mol. The molecule has 0 bridgehead atoms. The molecule has 0 aliphatic carbocycles. The minimum atomic E-state index is -0.212. The van der Waals surface area contributed by atoms with Crippen molar-refractivity contribution in [2.75, 3.05) is 18.4 Å². The number of nitrogens with zero attached hydrogens (tertiary/aromatic N) is 2. The third-order valence-corrected chi connectivity index (χ3v) is 4.02. The molecule has 22 heavy (non-hydrogen) atoms. The first-order valence-corrected chi connectivity index (χ1v) is 7.62. The number of hydrogen-bond donors (Lipinski definition) is 2. The summed E-state index contributed by atoms with van der Waals surface area (Å²) in [5, 5.41) is 6.75. The first-order valence-electron chi connectivity index (χ1n) is 7.24. The van der Waals surface area contributed by atoms with Crippen LogP contribution in [0.5, 0.6) is 0 Å². The lowest BCUT2D eigenvalue weighted by Gasteiger charge is -2.11. The summed E-state index contributed by atoms with van der Waals surface area (Å²) < 4.78 is 0. The fourth-order valence-electron chi connectivity index (χ4n) is 2.51. The molecule has 0 radical (unpaired) electrons. The average Bonchev–Trinajstić information content (AvgIpc) is 3.03. The summed E-state index contributed by atoms with van der Waals surface area (Å²) in [6, 6.07) is 6.98. The molecular formula is C16H17ClN4O. The van der Waals surface area contributed by atoms with Gasteiger partial charge in [0.25, 0.3) is 5.91 Å². The van der Waals surface area contributed by atoms with Gasteiger partial charge in [0.1, 0.15) is 5.82 Å². The zero-order valence-corrected chi connectivity index (χ0v) is 13.0. The fraction of sp³-hybridized carbons (Fsp3) is 0.312. The number of benzene rings is 1. The van der Waals surface area contributed by atoms with Crippen molar-refractivity contribution in [1.29, 1.82) is 0 Å². The van der Waals surface area contributed by atoms with Gasteiger partial charge < -0.3 is 10.6 Å². The second-order valence-electron chi connectivity index (χ2n) is 5.38. The number of rotatable bonds is 3. The lowest BCUT2D eigenvalue weighted by Crippen LogP contribution is -2.17. The number of hydrogen-bond acceptors (Lipinski definition) is 4. The molecule has 0 spiro atoms. The number of aromatic nitrogens is 2. The van der Waals surface area contributed by atoms with Gasteiger partial charge in [0.15, 0.2) is 0 Å². The highest BCUT2D eigenvalue weighted by molar-refractivity contribution is 6.30. The quantitative estimate of drug-likeness (QED) is 0.913. The van der Waals surface area contributed by atoms with Crippen molar-refractivity contribution in [1.82, 2.24) is 15.3 Å². The van der Waals surface area contributed by atoms with Gasteiger partial charge in [-0.3, -0.25) is 4.79 Å². The molecule has 0 unspecified atom stereocenters. The van der Waals surface area contributed by atoms with Crippen LogP contribution in [0.15, 0.2) is 30.5 Å². The van der Waals surface area contributed by atoms with Gasteiger partial charge in [-0.2, -0.15) is 0 Å². The van der Waals surface area contributed by atoms with Crippen molar-refractivity contribution in [3.05, 3.63) is 52.6 Å². The van der Waals surface area contributed by atoms with E-state index >= 15 is 0 Å². The maximum atomic E-state index is 12.3. The van der Waals surface area contributed by atoms with E-state index in [-0.39, 0.29) is 5.91 Å². The van der Waals surface area contributed by atoms with E-state index in [1.807, 2.05) is 6.92 Å². The lowest BCUT2D eigenvalue weighted by molar-refractivity contribution is 0.102. The molecule has 6 heteroatoms. The Bertz CT molecular complexity index is 681. The normalized spacial score (nSPS) is 17.5. The van der Waals surface area contributed by atoms with Gasteiger partial charge in [-0.05, 0) is 44.2 Å². The molecule has 1 saturated heterocycles. The van der Waals surface area contributed by atoms with Gasteiger partial charge in [-0.15, -0.1) is 0 Å². The molecule has 1 aromatic heterocycles. The maximum absolute atomic E-state index is 12.3. The monoisotopic (exact) mass is 316 g/mol. The molecule has 1 aliphatic heterocycles. The van der Waals surface area contributed by atoms with Crippen LogP contribution in [-0.2, 0) is 0 Å². The van der Waals surface area contributed by atoms with E-state index in [1.54, 1.807) is 30.5 Å². The predicted molar refractivity (Wildman–Crippen MR) is 86.4 cm³/mol.